The van der Waals surface area contributed by atoms with Crippen LogP contribution in [0.2, 0.25) is 0 Å². The van der Waals surface area contributed by atoms with Gasteiger partial charge in [-0.05, 0) is 19.0 Å². The number of methoxy groups -OCH3 is 1. The second kappa shape index (κ2) is 2.92. The average molecular weight is 156 g/mol. The van der Waals surface area contributed by atoms with Crippen molar-refractivity contribution in [1.29, 1.82) is 0 Å². The number of aromatic nitrogens is 1. The molecule has 4 heteroatoms. The van der Waals surface area contributed by atoms with E-state index < -0.39 is 0 Å². The summed E-state index contributed by atoms with van der Waals surface area (Å²) in [4.78, 5) is 0. The van der Waals surface area contributed by atoms with E-state index in [2.05, 4.69) is 5.16 Å². The van der Waals surface area contributed by atoms with Crippen molar-refractivity contribution in [2.75, 3.05) is 7.11 Å². The number of hydrogen-bond donors (Lipinski definition) is 1. The number of rotatable bonds is 2. The molecule has 1 heterocycles. The molecule has 11 heavy (non-hydrogen) atoms. The van der Waals surface area contributed by atoms with Crippen LogP contribution in [0.25, 0.3) is 0 Å². The van der Waals surface area contributed by atoms with Gasteiger partial charge in [0.05, 0.1) is 12.7 Å². The van der Waals surface area contributed by atoms with E-state index >= 15 is 0 Å². The van der Waals surface area contributed by atoms with E-state index in [1.54, 1.807) is 7.11 Å². The zero-order valence-corrected chi connectivity index (χ0v) is 6.92. The summed E-state index contributed by atoms with van der Waals surface area (Å²) in [7, 11) is 1.54. The summed E-state index contributed by atoms with van der Waals surface area (Å²) in [6.07, 6.45) is 0. The number of nitrogens with two attached hydrogens (primary N) is 1. The van der Waals surface area contributed by atoms with Gasteiger partial charge in [-0.3, -0.25) is 0 Å². The van der Waals surface area contributed by atoms with Crippen molar-refractivity contribution in [2.45, 2.75) is 19.9 Å². The lowest BCUT2D eigenvalue weighted by Gasteiger charge is -2.03. The molecule has 0 amide bonds. The average Bonchev–Trinajstić information content (AvgIpc) is 2.30. The van der Waals surface area contributed by atoms with Crippen LogP contribution in [0.15, 0.2) is 4.52 Å². The highest BCUT2D eigenvalue weighted by molar-refractivity contribution is 5.30. The highest BCUT2D eigenvalue weighted by atomic mass is 16.5. The predicted octanol–water partition coefficient (Wildman–Crippen LogP) is 1.01. The minimum Gasteiger partial charge on any atom is -0.479 e. The van der Waals surface area contributed by atoms with Gasteiger partial charge in [0.1, 0.15) is 5.76 Å². The van der Waals surface area contributed by atoms with Gasteiger partial charge in [-0.15, -0.1) is 0 Å². The number of nitrogens with zero attached hydrogens (tertiary/aromatic N) is 1. The normalized spacial score (nSPS) is 13.1. The van der Waals surface area contributed by atoms with Crippen molar-refractivity contribution >= 4 is 0 Å². The first-order valence-corrected chi connectivity index (χ1v) is 3.42. The maximum atomic E-state index is 5.66. The maximum Gasteiger partial charge on any atom is 0.258 e. The SMILES string of the molecule is COc1noc(C)c1C(C)N. The highest BCUT2D eigenvalue weighted by Crippen LogP contribution is 2.25. The lowest BCUT2D eigenvalue weighted by atomic mass is 10.1. The van der Waals surface area contributed by atoms with Crippen LogP contribution in [0.5, 0.6) is 5.88 Å². The molecule has 1 atom stereocenters. The Morgan fingerprint density at radius 2 is 2.27 bits per heavy atom. The predicted molar refractivity (Wildman–Crippen MR) is 40.4 cm³/mol. The van der Waals surface area contributed by atoms with Crippen molar-refractivity contribution in [3.63, 3.8) is 0 Å². The van der Waals surface area contributed by atoms with Crippen LogP contribution in [0.3, 0.4) is 0 Å². The summed E-state index contributed by atoms with van der Waals surface area (Å²) in [5, 5.41) is 3.68. The molecule has 0 bridgehead atoms. The van der Waals surface area contributed by atoms with Gasteiger partial charge in [-0.1, -0.05) is 0 Å². The Morgan fingerprint density at radius 3 is 2.64 bits per heavy atom. The fraction of sp³-hybridized carbons (Fsp3) is 0.571. The second-order valence-electron chi connectivity index (χ2n) is 2.45. The Labute approximate surface area is 65.3 Å². The molecule has 0 aromatic carbocycles. The lowest BCUT2D eigenvalue weighted by molar-refractivity contribution is 0.331. The summed E-state index contributed by atoms with van der Waals surface area (Å²) in [6, 6.07) is -0.101. The van der Waals surface area contributed by atoms with E-state index in [1.807, 2.05) is 13.8 Å². The molecule has 1 aromatic heterocycles. The molecule has 0 aliphatic heterocycles. The molecule has 0 aliphatic rings. The minimum atomic E-state index is -0.101. The van der Waals surface area contributed by atoms with Crippen molar-refractivity contribution in [2.24, 2.45) is 5.73 Å². The Morgan fingerprint density at radius 1 is 1.64 bits per heavy atom. The maximum absolute atomic E-state index is 5.66. The van der Waals surface area contributed by atoms with Crippen LogP contribution in [0.1, 0.15) is 24.3 Å². The Kier molecular flexibility index (Phi) is 2.14. The van der Waals surface area contributed by atoms with Gasteiger partial charge in [0.25, 0.3) is 5.88 Å². The van der Waals surface area contributed by atoms with Crippen LogP contribution in [-0.2, 0) is 0 Å². The molecule has 1 unspecified atom stereocenters. The van der Waals surface area contributed by atoms with E-state index in [9.17, 15) is 0 Å². The standard InChI is InChI=1S/C7H12N2O2/c1-4(8)6-5(2)11-9-7(6)10-3/h4H,8H2,1-3H3. The van der Waals surface area contributed by atoms with Crippen LogP contribution in [-0.4, -0.2) is 12.3 Å². The third-order valence-electron chi connectivity index (χ3n) is 1.52. The number of hydrogen-bond acceptors (Lipinski definition) is 4. The smallest absolute Gasteiger partial charge is 0.258 e. The Hall–Kier alpha value is -1.03. The molecule has 0 radical (unpaired) electrons. The molecule has 0 saturated heterocycles. The summed E-state index contributed by atoms with van der Waals surface area (Å²) >= 11 is 0. The fourth-order valence-corrected chi connectivity index (χ4v) is 1.02. The fourth-order valence-electron chi connectivity index (χ4n) is 1.02. The van der Waals surface area contributed by atoms with Crippen LogP contribution in [0.4, 0.5) is 0 Å². The highest BCUT2D eigenvalue weighted by Gasteiger charge is 2.16. The number of aryl methyl sites for hydroxylation is 1. The second-order valence-corrected chi connectivity index (χ2v) is 2.45. The molecule has 0 fully saturated rings. The molecule has 0 aliphatic carbocycles. The van der Waals surface area contributed by atoms with Gasteiger partial charge >= 0.3 is 0 Å². The van der Waals surface area contributed by atoms with Gasteiger partial charge in [-0.2, -0.15) is 0 Å². The van der Waals surface area contributed by atoms with E-state index in [0.29, 0.717) is 5.88 Å². The van der Waals surface area contributed by atoms with E-state index in [-0.39, 0.29) is 6.04 Å². The summed E-state index contributed by atoms with van der Waals surface area (Å²) in [6.45, 7) is 3.68. The lowest BCUT2D eigenvalue weighted by Crippen LogP contribution is -2.06. The van der Waals surface area contributed by atoms with Crippen molar-refractivity contribution in [1.82, 2.24) is 5.16 Å². The summed E-state index contributed by atoms with van der Waals surface area (Å²) in [5.74, 6) is 1.20. The largest absolute Gasteiger partial charge is 0.479 e. The van der Waals surface area contributed by atoms with Gasteiger partial charge in [0.2, 0.25) is 0 Å². The molecular weight excluding hydrogens is 144 g/mol. The van der Waals surface area contributed by atoms with Gasteiger partial charge in [-0.25, -0.2) is 0 Å². The number of ether oxygens (including phenoxy) is 1. The van der Waals surface area contributed by atoms with Crippen molar-refractivity contribution < 1.29 is 9.26 Å². The van der Waals surface area contributed by atoms with Crippen molar-refractivity contribution in [3.05, 3.63) is 11.3 Å². The topological polar surface area (TPSA) is 61.3 Å². The van der Waals surface area contributed by atoms with Crippen LogP contribution < -0.4 is 10.5 Å². The first kappa shape index (κ1) is 8.07. The van der Waals surface area contributed by atoms with Crippen LogP contribution in [0, 0.1) is 6.92 Å². The quantitative estimate of drug-likeness (QED) is 0.694. The zero-order valence-electron chi connectivity index (χ0n) is 6.92. The zero-order chi connectivity index (χ0) is 8.43. The monoisotopic (exact) mass is 156 g/mol. The van der Waals surface area contributed by atoms with Crippen molar-refractivity contribution in [3.8, 4) is 5.88 Å². The molecule has 1 aromatic rings. The molecule has 1 rings (SSSR count). The molecule has 0 saturated carbocycles. The molecule has 2 N–H and O–H groups in total. The summed E-state index contributed by atoms with van der Waals surface area (Å²) in [5.41, 5.74) is 6.50. The first-order chi connectivity index (χ1) is 5.16. The molecule has 62 valence electrons. The molecule has 4 nitrogen and oxygen atoms in total. The third kappa shape index (κ3) is 1.35. The van der Waals surface area contributed by atoms with E-state index in [4.69, 9.17) is 15.0 Å². The molecular formula is C7H12N2O2. The summed E-state index contributed by atoms with van der Waals surface area (Å²) < 4.78 is 9.84. The Balaban J connectivity index is 3.07. The van der Waals surface area contributed by atoms with E-state index in [1.165, 1.54) is 0 Å². The van der Waals surface area contributed by atoms with Gasteiger partial charge in [0.15, 0.2) is 0 Å². The van der Waals surface area contributed by atoms with E-state index in [0.717, 1.165) is 11.3 Å². The third-order valence-corrected chi connectivity index (χ3v) is 1.52. The van der Waals surface area contributed by atoms with Gasteiger partial charge < -0.3 is 15.0 Å². The van der Waals surface area contributed by atoms with Gasteiger partial charge in [0, 0.05) is 6.04 Å². The first-order valence-electron chi connectivity index (χ1n) is 3.42. The Bertz CT molecular complexity index is 243. The minimum absolute atomic E-state index is 0.101. The molecule has 0 spiro atoms. The van der Waals surface area contributed by atoms with Crippen LogP contribution >= 0.6 is 0 Å².